The third-order valence-corrected chi connectivity index (χ3v) is 6.38. The molecule has 1 atom stereocenters. The number of hydrogen-bond acceptors (Lipinski definition) is 5. The van der Waals surface area contributed by atoms with Crippen LogP contribution in [0, 0.1) is 0 Å². The number of rotatable bonds is 4. The predicted octanol–water partition coefficient (Wildman–Crippen LogP) is -0.553. The Hall–Kier alpha value is -0.660. The lowest BCUT2D eigenvalue weighted by Gasteiger charge is -2.36. The van der Waals surface area contributed by atoms with Crippen molar-refractivity contribution in [1.82, 2.24) is 9.80 Å². The number of nitrogens with two attached hydrogens (primary N) is 1. The lowest BCUT2D eigenvalue weighted by atomic mass is 10.1. The molecule has 2 saturated heterocycles. The van der Waals surface area contributed by atoms with E-state index in [1.807, 2.05) is 0 Å². The number of nitrogens with zero attached hydrogens (tertiary/aromatic N) is 2. The average Bonchev–Trinajstić information content (AvgIpc) is 2.44. The van der Waals surface area contributed by atoms with Gasteiger partial charge in [-0.3, -0.25) is 9.69 Å². The van der Waals surface area contributed by atoms with E-state index in [1.54, 1.807) is 4.90 Å². The highest BCUT2D eigenvalue weighted by Gasteiger charge is 2.38. The molecule has 2 fully saturated rings. The molecule has 2 aliphatic heterocycles. The van der Waals surface area contributed by atoms with E-state index < -0.39 is 15.1 Å². The van der Waals surface area contributed by atoms with Gasteiger partial charge in [-0.25, -0.2) is 8.42 Å². The molecule has 6 nitrogen and oxygen atoms in total. The maximum atomic E-state index is 12.4. The topological polar surface area (TPSA) is 83.7 Å². The molecular formula is C13H25N3O3S. The lowest BCUT2D eigenvalue weighted by molar-refractivity contribution is -0.132. The van der Waals surface area contributed by atoms with Crippen molar-refractivity contribution in [1.29, 1.82) is 0 Å². The molecule has 0 aromatic rings. The van der Waals surface area contributed by atoms with Gasteiger partial charge >= 0.3 is 0 Å². The Kier molecular flexibility index (Phi) is 5.40. The predicted molar refractivity (Wildman–Crippen MR) is 78.1 cm³/mol. The molecule has 20 heavy (non-hydrogen) atoms. The number of carbonyl (C=O) groups excluding carboxylic acids is 1. The van der Waals surface area contributed by atoms with E-state index in [1.165, 1.54) is 0 Å². The first kappa shape index (κ1) is 15.7. The van der Waals surface area contributed by atoms with Crippen molar-refractivity contribution in [3.8, 4) is 0 Å². The Bertz CT molecular complexity index is 430. The molecule has 1 amide bonds. The van der Waals surface area contributed by atoms with E-state index in [0.29, 0.717) is 32.5 Å². The van der Waals surface area contributed by atoms with Crippen LogP contribution < -0.4 is 5.73 Å². The van der Waals surface area contributed by atoms with Gasteiger partial charge in [0.05, 0.1) is 5.75 Å². The molecule has 0 aliphatic carbocycles. The van der Waals surface area contributed by atoms with E-state index in [-0.39, 0.29) is 11.7 Å². The van der Waals surface area contributed by atoms with Crippen LogP contribution >= 0.6 is 0 Å². The van der Waals surface area contributed by atoms with Crippen LogP contribution in [0.1, 0.15) is 25.7 Å². The highest BCUT2D eigenvalue weighted by Crippen LogP contribution is 2.22. The summed E-state index contributed by atoms with van der Waals surface area (Å²) in [5.74, 6) is -0.0111. The van der Waals surface area contributed by atoms with Gasteiger partial charge in [0.25, 0.3) is 0 Å². The minimum atomic E-state index is -3.22. The summed E-state index contributed by atoms with van der Waals surface area (Å²) >= 11 is 0. The van der Waals surface area contributed by atoms with Gasteiger partial charge in [-0.2, -0.15) is 0 Å². The van der Waals surface area contributed by atoms with Crippen molar-refractivity contribution in [2.24, 2.45) is 5.73 Å². The Balaban J connectivity index is 1.88. The van der Waals surface area contributed by atoms with Crippen LogP contribution in [0.5, 0.6) is 0 Å². The van der Waals surface area contributed by atoms with Gasteiger partial charge in [0.2, 0.25) is 5.91 Å². The van der Waals surface area contributed by atoms with Crippen molar-refractivity contribution in [3.63, 3.8) is 0 Å². The van der Waals surface area contributed by atoms with Crippen molar-refractivity contribution in [3.05, 3.63) is 0 Å². The fraction of sp³-hybridized carbons (Fsp3) is 0.923. The second-order valence-electron chi connectivity index (χ2n) is 5.66. The lowest BCUT2D eigenvalue weighted by Crippen LogP contribution is -2.53. The van der Waals surface area contributed by atoms with Crippen LogP contribution in [0.25, 0.3) is 0 Å². The van der Waals surface area contributed by atoms with Gasteiger partial charge in [-0.15, -0.1) is 0 Å². The molecule has 116 valence electrons. The maximum Gasteiger partial charge on any atom is 0.240 e. The highest BCUT2D eigenvalue weighted by atomic mass is 32.2. The molecule has 0 radical (unpaired) electrons. The first-order valence-corrected chi connectivity index (χ1v) is 9.19. The van der Waals surface area contributed by atoms with Gasteiger partial charge in [0.15, 0.2) is 9.84 Å². The first-order valence-electron chi connectivity index (χ1n) is 7.47. The fourth-order valence-corrected chi connectivity index (χ4v) is 4.82. The van der Waals surface area contributed by atoms with Crippen LogP contribution in [0.3, 0.4) is 0 Å². The standard InChI is InChI=1S/C13H25N3O3S/c14-5-3-6-15-7-9-16(10-8-15)13(17)12-4-1-2-11-20(12,18)19/h12H,1-11,14H2. The second kappa shape index (κ2) is 6.87. The number of piperazine rings is 1. The van der Waals surface area contributed by atoms with E-state index in [9.17, 15) is 13.2 Å². The minimum absolute atomic E-state index is 0.167. The summed E-state index contributed by atoms with van der Waals surface area (Å²) in [5, 5.41) is -0.785. The van der Waals surface area contributed by atoms with Gasteiger partial charge in [0.1, 0.15) is 5.25 Å². The van der Waals surface area contributed by atoms with Crippen LogP contribution in [0.2, 0.25) is 0 Å². The molecule has 2 aliphatic rings. The van der Waals surface area contributed by atoms with Gasteiger partial charge < -0.3 is 10.6 Å². The molecule has 0 aromatic carbocycles. The molecule has 1 unspecified atom stereocenters. The molecule has 0 spiro atoms. The first-order chi connectivity index (χ1) is 9.54. The SMILES string of the molecule is NCCCN1CCN(C(=O)C2CCCCS2(=O)=O)CC1. The molecule has 2 rings (SSSR count). The molecule has 0 saturated carbocycles. The highest BCUT2D eigenvalue weighted by molar-refractivity contribution is 7.92. The molecule has 2 N–H and O–H groups in total. The van der Waals surface area contributed by atoms with Crippen molar-refractivity contribution in [2.45, 2.75) is 30.9 Å². The van der Waals surface area contributed by atoms with Crippen molar-refractivity contribution in [2.75, 3.05) is 45.0 Å². The normalized spacial score (nSPS) is 27.4. The van der Waals surface area contributed by atoms with E-state index in [2.05, 4.69) is 4.90 Å². The van der Waals surface area contributed by atoms with Crippen molar-refractivity contribution < 1.29 is 13.2 Å². The Morgan fingerprint density at radius 1 is 1.15 bits per heavy atom. The summed E-state index contributed by atoms with van der Waals surface area (Å²) in [6, 6.07) is 0. The molecule has 0 bridgehead atoms. The zero-order valence-corrected chi connectivity index (χ0v) is 12.8. The molecule has 2 heterocycles. The number of hydrogen-bond donors (Lipinski definition) is 1. The van der Waals surface area contributed by atoms with E-state index in [4.69, 9.17) is 5.73 Å². The van der Waals surface area contributed by atoms with Crippen molar-refractivity contribution >= 4 is 15.7 Å². The summed E-state index contributed by atoms with van der Waals surface area (Å²) in [4.78, 5) is 16.4. The molecular weight excluding hydrogens is 278 g/mol. The number of sulfone groups is 1. The largest absolute Gasteiger partial charge is 0.339 e. The summed E-state index contributed by atoms with van der Waals surface area (Å²) < 4.78 is 24.0. The summed E-state index contributed by atoms with van der Waals surface area (Å²) in [6.07, 6.45) is 2.99. The van der Waals surface area contributed by atoms with Crippen LogP contribution in [0.4, 0.5) is 0 Å². The molecule has 0 aromatic heterocycles. The van der Waals surface area contributed by atoms with E-state index in [0.717, 1.165) is 32.5 Å². The fourth-order valence-electron chi connectivity index (χ4n) is 2.94. The number of amides is 1. The summed E-state index contributed by atoms with van der Waals surface area (Å²) in [5.41, 5.74) is 5.49. The van der Waals surface area contributed by atoms with Crippen LogP contribution in [-0.2, 0) is 14.6 Å². The Labute approximate surface area is 121 Å². The van der Waals surface area contributed by atoms with Gasteiger partial charge in [-0.05, 0) is 32.4 Å². The Morgan fingerprint density at radius 3 is 2.45 bits per heavy atom. The minimum Gasteiger partial charge on any atom is -0.339 e. The quantitative estimate of drug-likeness (QED) is 0.753. The van der Waals surface area contributed by atoms with Crippen LogP contribution in [0.15, 0.2) is 0 Å². The second-order valence-corrected chi connectivity index (χ2v) is 7.96. The zero-order valence-electron chi connectivity index (χ0n) is 12.0. The van der Waals surface area contributed by atoms with Crippen LogP contribution in [-0.4, -0.2) is 74.4 Å². The molecule has 7 heteroatoms. The zero-order chi connectivity index (χ0) is 14.6. The summed E-state index contributed by atoms with van der Waals surface area (Å²) in [7, 11) is -3.22. The Morgan fingerprint density at radius 2 is 1.85 bits per heavy atom. The van der Waals surface area contributed by atoms with E-state index >= 15 is 0 Å². The number of carbonyl (C=O) groups is 1. The average molecular weight is 303 g/mol. The monoisotopic (exact) mass is 303 g/mol. The van der Waals surface area contributed by atoms with Gasteiger partial charge in [-0.1, -0.05) is 6.42 Å². The summed E-state index contributed by atoms with van der Waals surface area (Å²) in [6.45, 7) is 4.54. The third-order valence-electron chi connectivity index (χ3n) is 4.22. The smallest absolute Gasteiger partial charge is 0.240 e. The maximum absolute atomic E-state index is 12.4. The van der Waals surface area contributed by atoms with Gasteiger partial charge in [0, 0.05) is 26.2 Å². The third kappa shape index (κ3) is 3.71.